The van der Waals surface area contributed by atoms with Crippen molar-refractivity contribution in [2.75, 3.05) is 10.6 Å². The molecule has 0 aliphatic carbocycles. The fourth-order valence-corrected chi connectivity index (χ4v) is 1.79. The number of hydrogen-bond donors (Lipinski definition) is 2. The van der Waals surface area contributed by atoms with Gasteiger partial charge in [-0.3, -0.25) is 0 Å². The Balaban J connectivity index is 2.11. The number of hydrogen-bond acceptors (Lipinski definition) is 1. The number of carbonyl (C=O) groups is 1. The van der Waals surface area contributed by atoms with Crippen molar-refractivity contribution in [3.05, 3.63) is 59.4 Å². The number of rotatable bonds is 3. The molecular weight excluding hydrogens is 319 g/mol. The minimum atomic E-state index is -3.09. The standard InChI is InChI=1S/C15H11F5N2O/c1-15(19,20)8-3-2-4-9(5-8)21-14(23)22-10-6-11(16)13(18)12(17)7-10/h2-7H,1H3,(H2,21,22,23). The summed E-state index contributed by atoms with van der Waals surface area (Å²) in [7, 11) is 0. The predicted octanol–water partition coefficient (Wildman–Crippen LogP) is 4.86. The van der Waals surface area contributed by atoms with Crippen LogP contribution in [0.15, 0.2) is 36.4 Å². The van der Waals surface area contributed by atoms with E-state index >= 15 is 0 Å². The molecular formula is C15H11F5N2O. The van der Waals surface area contributed by atoms with E-state index in [9.17, 15) is 26.7 Å². The zero-order valence-electron chi connectivity index (χ0n) is 11.8. The van der Waals surface area contributed by atoms with Crippen molar-refractivity contribution >= 4 is 17.4 Å². The van der Waals surface area contributed by atoms with Crippen molar-refractivity contribution in [2.24, 2.45) is 0 Å². The number of anilines is 2. The second-order valence-corrected chi connectivity index (χ2v) is 4.80. The summed E-state index contributed by atoms with van der Waals surface area (Å²) in [6.45, 7) is 0.705. The molecule has 0 saturated carbocycles. The second-order valence-electron chi connectivity index (χ2n) is 4.80. The number of carbonyl (C=O) groups excluding carboxylic acids is 1. The zero-order valence-corrected chi connectivity index (χ0v) is 11.8. The number of amides is 2. The van der Waals surface area contributed by atoms with Crippen LogP contribution in [-0.4, -0.2) is 6.03 Å². The highest BCUT2D eigenvalue weighted by molar-refractivity contribution is 5.99. The SMILES string of the molecule is CC(F)(F)c1cccc(NC(=O)Nc2cc(F)c(F)c(F)c2)c1. The third kappa shape index (κ3) is 4.18. The van der Waals surface area contributed by atoms with Gasteiger partial charge in [0.15, 0.2) is 17.5 Å². The van der Waals surface area contributed by atoms with Gasteiger partial charge in [-0.2, -0.15) is 0 Å². The Kier molecular flexibility index (Phi) is 4.53. The van der Waals surface area contributed by atoms with Gasteiger partial charge < -0.3 is 10.6 Å². The van der Waals surface area contributed by atoms with Gasteiger partial charge >= 0.3 is 6.03 Å². The maximum atomic E-state index is 13.2. The van der Waals surface area contributed by atoms with Gasteiger partial charge in [0.2, 0.25) is 0 Å². The third-order valence-corrected chi connectivity index (χ3v) is 2.87. The van der Waals surface area contributed by atoms with E-state index in [0.29, 0.717) is 19.1 Å². The molecule has 0 aromatic heterocycles. The van der Waals surface area contributed by atoms with E-state index in [1.807, 2.05) is 0 Å². The van der Waals surface area contributed by atoms with Crippen molar-refractivity contribution in [3.63, 3.8) is 0 Å². The molecule has 8 heteroatoms. The highest BCUT2D eigenvalue weighted by Crippen LogP contribution is 2.28. The summed E-state index contributed by atoms with van der Waals surface area (Å²) in [5, 5.41) is 4.31. The summed E-state index contributed by atoms with van der Waals surface area (Å²) in [5.74, 6) is -7.67. The summed E-state index contributed by atoms with van der Waals surface area (Å²) in [4.78, 5) is 11.7. The van der Waals surface area contributed by atoms with Gasteiger partial charge in [-0.15, -0.1) is 0 Å². The molecule has 3 nitrogen and oxygen atoms in total. The lowest BCUT2D eigenvalue weighted by Crippen LogP contribution is -2.20. The van der Waals surface area contributed by atoms with Gasteiger partial charge in [-0.1, -0.05) is 12.1 Å². The average Bonchev–Trinajstić information content (AvgIpc) is 2.44. The second kappa shape index (κ2) is 6.23. The van der Waals surface area contributed by atoms with Crippen LogP contribution in [0.2, 0.25) is 0 Å². The van der Waals surface area contributed by atoms with Gasteiger partial charge in [0, 0.05) is 36.0 Å². The molecule has 0 spiro atoms. The van der Waals surface area contributed by atoms with Crippen molar-refractivity contribution in [3.8, 4) is 0 Å². The van der Waals surface area contributed by atoms with E-state index in [0.717, 1.165) is 6.07 Å². The Labute approximate surface area is 128 Å². The van der Waals surface area contributed by atoms with Crippen LogP contribution in [-0.2, 0) is 5.92 Å². The normalized spacial score (nSPS) is 11.2. The molecule has 2 aromatic carbocycles. The Hall–Kier alpha value is -2.64. The van der Waals surface area contributed by atoms with Crippen LogP contribution in [0.1, 0.15) is 12.5 Å². The van der Waals surface area contributed by atoms with Gasteiger partial charge in [0.25, 0.3) is 5.92 Å². The van der Waals surface area contributed by atoms with Gasteiger partial charge in [-0.05, 0) is 12.1 Å². The van der Waals surface area contributed by atoms with Crippen LogP contribution in [0.3, 0.4) is 0 Å². The van der Waals surface area contributed by atoms with Crippen LogP contribution in [0.25, 0.3) is 0 Å². The molecule has 0 heterocycles. The van der Waals surface area contributed by atoms with E-state index in [1.165, 1.54) is 18.2 Å². The third-order valence-electron chi connectivity index (χ3n) is 2.87. The lowest BCUT2D eigenvalue weighted by atomic mass is 10.1. The van der Waals surface area contributed by atoms with Crippen molar-refractivity contribution in [1.82, 2.24) is 0 Å². The highest BCUT2D eigenvalue weighted by atomic mass is 19.3. The van der Waals surface area contributed by atoms with Crippen LogP contribution in [0.4, 0.5) is 38.1 Å². The van der Waals surface area contributed by atoms with Gasteiger partial charge in [0.1, 0.15) is 0 Å². The monoisotopic (exact) mass is 330 g/mol. The molecule has 0 fully saturated rings. The van der Waals surface area contributed by atoms with Crippen molar-refractivity contribution in [1.29, 1.82) is 0 Å². The van der Waals surface area contributed by atoms with Crippen LogP contribution in [0, 0.1) is 17.5 Å². The molecule has 0 saturated heterocycles. The maximum absolute atomic E-state index is 13.2. The molecule has 0 atom stereocenters. The van der Waals surface area contributed by atoms with Crippen LogP contribution in [0.5, 0.6) is 0 Å². The molecule has 2 N–H and O–H groups in total. The molecule has 2 aromatic rings. The average molecular weight is 330 g/mol. The van der Waals surface area contributed by atoms with Crippen LogP contribution < -0.4 is 10.6 Å². The number of nitrogens with one attached hydrogen (secondary N) is 2. The van der Waals surface area contributed by atoms with E-state index in [2.05, 4.69) is 10.6 Å². The molecule has 0 radical (unpaired) electrons. The molecule has 0 unspecified atom stereocenters. The quantitative estimate of drug-likeness (QED) is 0.612. The van der Waals surface area contributed by atoms with E-state index in [1.54, 1.807) is 0 Å². The minimum Gasteiger partial charge on any atom is -0.308 e. The first-order valence-electron chi connectivity index (χ1n) is 6.38. The highest BCUT2D eigenvalue weighted by Gasteiger charge is 2.24. The Morgan fingerprint density at radius 2 is 1.52 bits per heavy atom. The van der Waals surface area contributed by atoms with Crippen molar-refractivity contribution in [2.45, 2.75) is 12.8 Å². The first-order chi connectivity index (χ1) is 10.7. The molecule has 0 bridgehead atoms. The van der Waals surface area contributed by atoms with E-state index in [-0.39, 0.29) is 16.9 Å². The molecule has 23 heavy (non-hydrogen) atoms. The number of urea groups is 1. The minimum absolute atomic E-state index is 0.0598. The van der Waals surface area contributed by atoms with E-state index < -0.39 is 29.4 Å². The fraction of sp³-hybridized carbons (Fsp3) is 0.133. The summed E-state index contributed by atoms with van der Waals surface area (Å²) in [6, 6.07) is 5.19. The summed E-state index contributed by atoms with van der Waals surface area (Å²) >= 11 is 0. The number of halogens is 5. The Morgan fingerprint density at radius 3 is 2.09 bits per heavy atom. The number of benzene rings is 2. The topological polar surface area (TPSA) is 41.1 Å². The molecule has 2 amide bonds. The largest absolute Gasteiger partial charge is 0.323 e. The van der Waals surface area contributed by atoms with Gasteiger partial charge in [0.05, 0.1) is 0 Å². The summed E-state index contributed by atoms with van der Waals surface area (Å²) < 4.78 is 65.3. The maximum Gasteiger partial charge on any atom is 0.323 e. The Bertz CT molecular complexity index is 720. The summed E-state index contributed by atoms with van der Waals surface area (Å²) in [5.41, 5.74) is -0.574. The molecule has 0 aliphatic heterocycles. The lowest BCUT2D eigenvalue weighted by Gasteiger charge is -2.13. The molecule has 0 aliphatic rings. The Morgan fingerprint density at radius 1 is 0.957 bits per heavy atom. The number of alkyl halides is 2. The molecule has 2 rings (SSSR count). The fourth-order valence-electron chi connectivity index (χ4n) is 1.79. The van der Waals surface area contributed by atoms with Gasteiger partial charge in [-0.25, -0.2) is 26.7 Å². The van der Waals surface area contributed by atoms with Crippen LogP contribution >= 0.6 is 0 Å². The first-order valence-corrected chi connectivity index (χ1v) is 6.38. The van der Waals surface area contributed by atoms with E-state index in [4.69, 9.17) is 0 Å². The zero-order chi connectivity index (χ0) is 17.2. The molecule has 122 valence electrons. The van der Waals surface area contributed by atoms with Crippen molar-refractivity contribution < 1.29 is 26.7 Å². The predicted molar refractivity (Wildman–Crippen MR) is 75.0 cm³/mol. The smallest absolute Gasteiger partial charge is 0.308 e. The summed E-state index contributed by atoms with van der Waals surface area (Å²) in [6.07, 6.45) is 0. The first kappa shape index (κ1) is 16.7. The lowest BCUT2D eigenvalue weighted by molar-refractivity contribution is 0.0175.